The molecule has 4 rings (SSSR count). The standard InChI is InChI=1S/C23H25N5O5S2/c1-12(2)28-22(32)16(35-23(28)34)9-14-19(25-17-6-5-13(3)11-27(17)21(14)31)26-8-7-24-20(30)15(26)10-18(29)33-4/h5-6,9,11-12,15H,7-8,10H2,1-4H3,(H,24,30)/b16-9-/t15-/m0/s1. The Hall–Kier alpha value is -3.25. The summed E-state index contributed by atoms with van der Waals surface area (Å²) in [5, 5.41) is 2.75. The first kappa shape index (κ1) is 24.9. The highest BCUT2D eigenvalue weighted by Crippen LogP contribution is 2.35. The van der Waals surface area contributed by atoms with Crippen molar-refractivity contribution < 1.29 is 19.1 Å². The molecule has 1 N–H and O–H groups in total. The summed E-state index contributed by atoms with van der Waals surface area (Å²) in [6.07, 6.45) is 2.94. The number of pyridine rings is 1. The van der Waals surface area contributed by atoms with E-state index in [0.717, 1.165) is 17.3 Å². The highest BCUT2D eigenvalue weighted by molar-refractivity contribution is 8.26. The highest BCUT2D eigenvalue weighted by atomic mass is 32.2. The van der Waals surface area contributed by atoms with E-state index in [4.69, 9.17) is 21.9 Å². The molecule has 12 heteroatoms. The lowest BCUT2D eigenvalue weighted by atomic mass is 10.1. The first-order chi connectivity index (χ1) is 16.6. The van der Waals surface area contributed by atoms with Crippen LogP contribution < -0.4 is 15.8 Å². The zero-order valence-electron chi connectivity index (χ0n) is 19.7. The Kier molecular flexibility index (Phi) is 6.95. The Balaban J connectivity index is 1.92. The summed E-state index contributed by atoms with van der Waals surface area (Å²) >= 11 is 6.49. The second-order valence-electron chi connectivity index (χ2n) is 8.51. The summed E-state index contributed by atoms with van der Waals surface area (Å²) < 4.78 is 6.59. The van der Waals surface area contributed by atoms with Gasteiger partial charge in [-0.05, 0) is 38.5 Å². The van der Waals surface area contributed by atoms with Crippen molar-refractivity contribution in [3.63, 3.8) is 0 Å². The maximum absolute atomic E-state index is 13.7. The second-order valence-corrected chi connectivity index (χ2v) is 10.2. The Morgan fingerprint density at radius 2 is 2.09 bits per heavy atom. The zero-order chi connectivity index (χ0) is 25.4. The fourth-order valence-corrected chi connectivity index (χ4v) is 5.57. The molecule has 2 aromatic heterocycles. The molecule has 0 radical (unpaired) electrons. The van der Waals surface area contributed by atoms with Crippen LogP contribution in [0.25, 0.3) is 11.7 Å². The molecule has 2 fully saturated rings. The van der Waals surface area contributed by atoms with E-state index in [1.54, 1.807) is 17.2 Å². The number of hydrogen-bond donors (Lipinski definition) is 1. The number of aryl methyl sites for hydroxylation is 1. The minimum atomic E-state index is -0.923. The van der Waals surface area contributed by atoms with Gasteiger partial charge in [-0.1, -0.05) is 30.0 Å². The fourth-order valence-electron chi connectivity index (χ4n) is 4.06. The van der Waals surface area contributed by atoms with Crippen LogP contribution in [0.3, 0.4) is 0 Å². The second kappa shape index (κ2) is 9.78. The number of amides is 2. The number of thioether (sulfide) groups is 1. The number of anilines is 1. The molecule has 0 aliphatic carbocycles. The van der Waals surface area contributed by atoms with E-state index in [-0.39, 0.29) is 35.7 Å². The molecule has 0 saturated carbocycles. The van der Waals surface area contributed by atoms with E-state index in [0.29, 0.717) is 28.0 Å². The molecule has 2 aliphatic rings. The van der Waals surface area contributed by atoms with Gasteiger partial charge in [0, 0.05) is 25.3 Å². The number of thiocarbonyl (C=S) groups is 1. The summed E-state index contributed by atoms with van der Waals surface area (Å²) in [7, 11) is 1.25. The monoisotopic (exact) mass is 515 g/mol. The minimum absolute atomic E-state index is 0.137. The lowest BCUT2D eigenvalue weighted by molar-refractivity contribution is -0.143. The van der Waals surface area contributed by atoms with E-state index in [2.05, 4.69) is 5.32 Å². The number of fused-ring (bicyclic) bond motifs is 1. The number of nitrogens with one attached hydrogen (secondary N) is 1. The number of ether oxygens (including phenoxy) is 1. The van der Waals surface area contributed by atoms with Gasteiger partial charge in [0.25, 0.3) is 11.5 Å². The van der Waals surface area contributed by atoms with Crippen LogP contribution in [0, 0.1) is 6.92 Å². The number of methoxy groups -OCH3 is 1. The summed E-state index contributed by atoms with van der Waals surface area (Å²) in [6.45, 7) is 6.20. The van der Waals surface area contributed by atoms with Gasteiger partial charge in [-0.3, -0.25) is 28.5 Å². The molecule has 2 aliphatic heterocycles. The van der Waals surface area contributed by atoms with Gasteiger partial charge in [0.15, 0.2) is 0 Å². The SMILES string of the molecule is COC(=O)C[C@H]1C(=O)NCCN1c1nc2ccc(C)cn2c(=O)c1/C=C1\SC(=S)N(C(C)C)C1=O. The van der Waals surface area contributed by atoms with Crippen molar-refractivity contribution in [2.24, 2.45) is 0 Å². The van der Waals surface area contributed by atoms with Crippen molar-refractivity contribution in [1.82, 2.24) is 19.6 Å². The van der Waals surface area contributed by atoms with Gasteiger partial charge in [0.2, 0.25) is 5.91 Å². The van der Waals surface area contributed by atoms with E-state index in [1.165, 1.54) is 22.5 Å². The van der Waals surface area contributed by atoms with Crippen LogP contribution >= 0.6 is 24.0 Å². The van der Waals surface area contributed by atoms with Gasteiger partial charge in [-0.25, -0.2) is 4.98 Å². The molecule has 2 saturated heterocycles. The van der Waals surface area contributed by atoms with Gasteiger partial charge >= 0.3 is 5.97 Å². The van der Waals surface area contributed by atoms with Crippen molar-refractivity contribution in [1.29, 1.82) is 0 Å². The van der Waals surface area contributed by atoms with E-state index in [1.807, 2.05) is 26.8 Å². The van der Waals surface area contributed by atoms with Crippen LogP contribution in [-0.2, 0) is 19.1 Å². The molecule has 0 unspecified atom stereocenters. The van der Waals surface area contributed by atoms with E-state index in [9.17, 15) is 19.2 Å². The lowest BCUT2D eigenvalue weighted by Crippen LogP contribution is -2.57. The first-order valence-corrected chi connectivity index (χ1v) is 12.3. The highest BCUT2D eigenvalue weighted by Gasteiger charge is 2.37. The van der Waals surface area contributed by atoms with Crippen LogP contribution in [0.2, 0.25) is 0 Å². The van der Waals surface area contributed by atoms with Crippen LogP contribution in [-0.4, -0.2) is 68.7 Å². The molecule has 2 aromatic rings. The third-order valence-electron chi connectivity index (χ3n) is 5.79. The van der Waals surface area contributed by atoms with Gasteiger partial charge in [-0.2, -0.15) is 0 Å². The summed E-state index contributed by atoms with van der Waals surface area (Å²) in [5.74, 6) is -1.01. The summed E-state index contributed by atoms with van der Waals surface area (Å²) in [5.41, 5.74) is 0.977. The number of esters is 1. The molecule has 10 nitrogen and oxygen atoms in total. The number of hydrogen-bond acceptors (Lipinski definition) is 9. The Bertz CT molecular complexity index is 1340. The molecule has 0 bridgehead atoms. The van der Waals surface area contributed by atoms with Crippen LogP contribution in [0.5, 0.6) is 0 Å². The van der Waals surface area contributed by atoms with Gasteiger partial charge in [0.05, 0.1) is 24.0 Å². The van der Waals surface area contributed by atoms with Crippen LogP contribution in [0.15, 0.2) is 28.0 Å². The van der Waals surface area contributed by atoms with E-state index < -0.39 is 17.6 Å². The summed E-state index contributed by atoms with van der Waals surface area (Å²) in [4.78, 5) is 59.7. The number of piperazine rings is 1. The predicted molar refractivity (Wildman–Crippen MR) is 137 cm³/mol. The molecule has 0 spiro atoms. The average molecular weight is 516 g/mol. The Morgan fingerprint density at radius 3 is 2.74 bits per heavy atom. The number of aromatic nitrogens is 2. The largest absolute Gasteiger partial charge is 0.469 e. The fraction of sp³-hybridized carbons (Fsp3) is 0.391. The predicted octanol–water partition coefficient (Wildman–Crippen LogP) is 1.48. The van der Waals surface area contributed by atoms with Gasteiger partial charge in [0.1, 0.15) is 21.8 Å². The Labute approximate surface area is 211 Å². The third-order valence-corrected chi connectivity index (χ3v) is 7.12. The number of carbonyl (C=O) groups excluding carboxylic acids is 3. The molecule has 184 valence electrons. The van der Waals surface area contributed by atoms with E-state index >= 15 is 0 Å². The number of carbonyl (C=O) groups is 3. The number of nitrogens with zero attached hydrogens (tertiary/aromatic N) is 4. The van der Waals surface area contributed by atoms with Crippen molar-refractivity contribution in [3.05, 3.63) is 44.7 Å². The molecule has 2 amide bonds. The normalized spacial score (nSPS) is 19.7. The van der Waals surface area contributed by atoms with Gasteiger partial charge in [-0.15, -0.1) is 0 Å². The molecular formula is C23H25N5O5S2. The molecule has 0 aromatic carbocycles. The maximum atomic E-state index is 13.7. The third kappa shape index (κ3) is 4.67. The van der Waals surface area contributed by atoms with Crippen molar-refractivity contribution in [3.8, 4) is 0 Å². The number of rotatable bonds is 5. The van der Waals surface area contributed by atoms with Gasteiger partial charge < -0.3 is 15.0 Å². The maximum Gasteiger partial charge on any atom is 0.308 e. The Morgan fingerprint density at radius 1 is 1.34 bits per heavy atom. The van der Waals surface area contributed by atoms with Crippen molar-refractivity contribution >= 4 is 63.6 Å². The quantitative estimate of drug-likeness (QED) is 0.359. The molecule has 1 atom stereocenters. The molecular weight excluding hydrogens is 490 g/mol. The first-order valence-electron chi connectivity index (χ1n) is 11.0. The van der Waals surface area contributed by atoms with Crippen LogP contribution in [0.4, 0.5) is 5.82 Å². The topological polar surface area (TPSA) is 113 Å². The minimum Gasteiger partial charge on any atom is -0.469 e. The zero-order valence-corrected chi connectivity index (χ0v) is 21.4. The van der Waals surface area contributed by atoms with Crippen molar-refractivity contribution in [2.45, 2.75) is 39.3 Å². The summed E-state index contributed by atoms with van der Waals surface area (Å²) in [6, 6.07) is 2.48. The molecule has 35 heavy (non-hydrogen) atoms. The smallest absolute Gasteiger partial charge is 0.308 e. The lowest BCUT2D eigenvalue weighted by Gasteiger charge is -2.36. The molecule has 4 heterocycles. The van der Waals surface area contributed by atoms with Crippen molar-refractivity contribution in [2.75, 3.05) is 25.1 Å². The average Bonchev–Trinajstić information content (AvgIpc) is 3.10. The van der Waals surface area contributed by atoms with Crippen LogP contribution in [0.1, 0.15) is 31.4 Å².